The van der Waals surface area contributed by atoms with Crippen molar-refractivity contribution in [2.24, 2.45) is 5.73 Å². The normalized spacial score (nSPS) is 22.2. The van der Waals surface area contributed by atoms with Crippen LogP contribution in [0.3, 0.4) is 0 Å². The minimum atomic E-state index is -0.409. The molecule has 0 aliphatic carbocycles. The van der Waals surface area contributed by atoms with Gasteiger partial charge in [-0.05, 0) is 13.8 Å². The Kier molecular flexibility index (Phi) is 4.70. The van der Waals surface area contributed by atoms with E-state index in [1.54, 1.807) is 7.11 Å². The van der Waals surface area contributed by atoms with Crippen molar-refractivity contribution >= 4 is 5.91 Å². The largest absolute Gasteiger partial charge is 0.378 e. The molecule has 2 N–H and O–H groups in total. The molecule has 1 heterocycles. The van der Waals surface area contributed by atoms with Crippen LogP contribution in [0.1, 0.15) is 20.3 Å². The van der Waals surface area contributed by atoms with Crippen molar-refractivity contribution in [1.82, 2.24) is 4.90 Å². The summed E-state index contributed by atoms with van der Waals surface area (Å²) in [4.78, 5) is 13.8. The summed E-state index contributed by atoms with van der Waals surface area (Å²) < 4.78 is 10.7. The van der Waals surface area contributed by atoms with Crippen LogP contribution < -0.4 is 5.73 Å². The predicted octanol–water partition coefficient (Wildman–Crippen LogP) is -0.0124. The van der Waals surface area contributed by atoms with Gasteiger partial charge in [-0.3, -0.25) is 4.79 Å². The van der Waals surface area contributed by atoms with Crippen molar-refractivity contribution in [2.75, 3.05) is 33.4 Å². The fourth-order valence-corrected chi connectivity index (χ4v) is 1.64. The van der Waals surface area contributed by atoms with Crippen molar-refractivity contribution in [2.45, 2.75) is 32.0 Å². The van der Waals surface area contributed by atoms with Gasteiger partial charge in [-0.1, -0.05) is 0 Å². The van der Waals surface area contributed by atoms with E-state index in [2.05, 4.69) is 0 Å². The summed E-state index contributed by atoms with van der Waals surface area (Å²) in [5, 5.41) is 0. The fourth-order valence-electron chi connectivity index (χ4n) is 1.64. The van der Waals surface area contributed by atoms with E-state index in [-0.39, 0.29) is 12.0 Å². The number of carbonyl (C=O) groups is 1. The maximum atomic E-state index is 12.0. The number of amides is 1. The van der Waals surface area contributed by atoms with Crippen LogP contribution in [-0.2, 0) is 14.3 Å². The summed E-state index contributed by atoms with van der Waals surface area (Å²) >= 11 is 0. The zero-order valence-electron chi connectivity index (χ0n) is 10.4. The number of carbonyl (C=O) groups excluding carboxylic acids is 1. The van der Waals surface area contributed by atoms with Crippen LogP contribution >= 0.6 is 0 Å². The Morgan fingerprint density at radius 1 is 1.62 bits per heavy atom. The third-order valence-electron chi connectivity index (χ3n) is 2.88. The standard InChI is InChI=1S/C11H22N2O3/c1-11(2,15-3)6-10(14)13-4-5-16-9(7-12)8-13/h9H,4-8,12H2,1-3H3. The molecule has 1 aliphatic heterocycles. The highest BCUT2D eigenvalue weighted by molar-refractivity contribution is 5.77. The molecule has 1 unspecified atom stereocenters. The van der Waals surface area contributed by atoms with E-state index in [0.717, 1.165) is 0 Å². The van der Waals surface area contributed by atoms with Crippen molar-refractivity contribution in [3.05, 3.63) is 0 Å². The monoisotopic (exact) mass is 230 g/mol. The highest BCUT2D eigenvalue weighted by atomic mass is 16.5. The van der Waals surface area contributed by atoms with E-state index in [0.29, 0.717) is 32.7 Å². The van der Waals surface area contributed by atoms with Crippen molar-refractivity contribution in [3.8, 4) is 0 Å². The first-order valence-electron chi connectivity index (χ1n) is 5.63. The van der Waals surface area contributed by atoms with Gasteiger partial charge in [-0.15, -0.1) is 0 Å². The average Bonchev–Trinajstić information content (AvgIpc) is 2.28. The lowest BCUT2D eigenvalue weighted by Gasteiger charge is -2.34. The summed E-state index contributed by atoms with van der Waals surface area (Å²) in [5.74, 6) is 0.105. The second-order valence-corrected chi connectivity index (χ2v) is 4.71. The van der Waals surface area contributed by atoms with E-state index in [9.17, 15) is 4.79 Å². The summed E-state index contributed by atoms with van der Waals surface area (Å²) in [5.41, 5.74) is 5.12. The average molecular weight is 230 g/mol. The zero-order chi connectivity index (χ0) is 12.2. The van der Waals surface area contributed by atoms with Gasteiger partial charge in [0.25, 0.3) is 0 Å². The Hall–Kier alpha value is -0.650. The molecule has 1 fully saturated rings. The predicted molar refractivity (Wildman–Crippen MR) is 61.1 cm³/mol. The van der Waals surface area contributed by atoms with Crippen molar-refractivity contribution < 1.29 is 14.3 Å². The Bertz CT molecular complexity index is 243. The number of morpholine rings is 1. The van der Waals surface area contributed by atoms with Gasteiger partial charge >= 0.3 is 0 Å². The summed E-state index contributed by atoms with van der Waals surface area (Å²) in [6, 6.07) is 0. The molecule has 0 radical (unpaired) electrons. The molecule has 0 aromatic heterocycles. The highest BCUT2D eigenvalue weighted by Crippen LogP contribution is 2.16. The molecular formula is C11H22N2O3. The number of methoxy groups -OCH3 is 1. The molecule has 5 nitrogen and oxygen atoms in total. The van der Waals surface area contributed by atoms with Crippen LogP contribution in [0.25, 0.3) is 0 Å². The Morgan fingerprint density at radius 2 is 2.31 bits per heavy atom. The topological polar surface area (TPSA) is 64.8 Å². The first kappa shape index (κ1) is 13.4. The second kappa shape index (κ2) is 5.61. The molecule has 1 atom stereocenters. The molecule has 0 saturated carbocycles. The number of rotatable bonds is 4. The molecule has 0 aromatic carbocycles. The van der Waals surface area contributed by atoms with Gasteiger partial charge < -0.3 is 20.1 Å². The fraction of sp³-hybridized carbons (Fsp3) is 0.909. The van der Waals surface area contributed by atoms with Gasteiger partial charge in [0.15, 0.2) is 0 Å². The van der Waals surface area contributed by atoms with Gasteiger partial charge in [0.1, 0.15) is 0 Å². The third-order valence-corrected chi connectivity index (χ3v) is 2.88. The molecule has 16 heavy (non-hydrogen) atoms. The first-order chi connectivity index (χ1) is 7.48. The van der Waals surface area contributed by atoms with Gasteiger partial charge in [0.2, 0.25) is 5.91 Å². The molecule has 1 rings (SSSR count). The molecule has 5 heteroatoms. The minimum absolute atomic E-state index is 0.0247. The summed E-state index contributed by atoms with van der Waals surface area (Å²) in [6.07, 6.45) is 0.365. The zero-order valence-corrected chi connectivity index (χ0v) is 10.4. The molecule has 1 saturated heterocycles. The SMILES string of the molecule is COC(C)(C)CC(=O)N1CCOC(CN)C1. The number of nitrogens with zero attached hydrogens (tertiary/aromatic N) is 1. The maximum Gasteiger partial charge on any atom is 0.225 e. The molecular weight excluding hydrogens is 208 g/mol. The molecule has 1 aliphatic rings. The summed E-state index contributed by atoms with van der Waals surface area (Å²) in [7, 11) is 1.62. The van der Waals surface area contributed by atoms with Crippen molar-refractivity contribution in [3.63, 3.8) is 0 Å². The molecule has 94 valence electrons. The minimum Gasteiger partial charge on any atom is -0.378 e. The first-order valence-corrected chi connectivity index (χ1v) is 5.63. The summed E-state index contributed by atoms with van der Waals surface area (Å²) in [6.45, 7) is 6.08. The van der Waals surface area contributed by atoms with Gasteiger partial charge in [-0.2, -0.15) is 0 Å². The number of hydrogen-bond donors (Lipinski definition) is 1. The van der Waals surface area contributed by atoms with Gasteiger partial charge in [-0.25, -0.2) is 0 Å². The second-order valence-electron chi connectivity index (χ2n) is 4.71. The molecule has 0 spiro atoms. The number of ether oxygens (including phenoxy) is 2. The van der Waals surface area contributed by atoms with E-state index in [1.165, 1.54) is 0 Å². The maximum absolute atomic E-state index is 12.0. The lowest BCUT2D eigenvalue weighted by Crippen LogP contribution is -2.49. The molecule has 0 aromatic rings. The van der Waals surface area contributed by atoms with Crippen molar-refractivity contribution in [1.29, 1.82) is 0 Å². The number of nitrogens with two attached hydrogens (primary N) is 1. The molecule has 1 amide bonds. The van der Waals surface area contributed by atoms with E-state index >= 15 is 0 Å². The van der Waals surface area contributed by atoms with Crippen LogP contribution in [0.15, 0.2) is 0 Å². The van der Waals surface area contributed by atoms with E-state index < -0.39 is 5.60 Å². The van der Waals surface area contributed by atoms with Crippen LogP contribution in [0.5, 0.6) is 0 Å². The third kappa shape index (κ3) is 3.73. The van der Waals surface area contributed by atoms with E-state index in [4.69, 9.17) is 15.2 Å². The van der Waals surface area contributed by atoms with Gasteiger partial charge in [0, 0.05) is 26.7 Å². The van der Waals surface area contributed by atoms with Gasteiger partial charge in [0.05, 0.1) is 24.7 Å². The smallest absolute Gasteiger partial charge is 0.225 e. The Morgan fingerprint density at radius 3 is 2.88 bits per heavy atom. The lowest BCUT2D eigenvalue weighted by molar-refractivity contribution is -0.143. The number of hydrogen-bond acceptors (Lipinski definition) is 4. The van der Waals surface area contributed by atoms with Crippen LogP contribution in [-0.4, -0.2) is 55.9 Å². The molecule has 0 bridgehead atoms. The Labute approximate surface area is 96.9 Å². The van der Waals surface area contributed by atoms with Crippen LogP contribution in [0.2, 0.25) is 0 Å². The van der Waals surface area contributed by atoms with E-state index in [1.807, 2.05) is 18.7 Å². The van der Waals surface area contributed by atoms with Crippen LogP contribution in [0, 0.1) is 0 Å². The Balaban J connectivity index is 2.47. The lowest BCUT2D eigenvalue weighted by atomic mass is 10.0. The quantitative estimate of drug-likeness (QED) is 0.737. The van der Waals surface area contributed by atoms with Crippen LogP contribution in [0.4, 0.5) is 0 Å². The highest BCUT2D eigenvalue weighted by Gasteiger charge is 2.28.